The second kappa shape index (κ2) is 9.51. The lowest BCUT2D eigenvalue weighted by atomic mass is 9.85. The van der Waals surface area contributed by atoms with Crippen LogP contribution in [0.15, 0.2) is 97.1 Å². The number of esters is 2. The molecule has 0 radical (unpaired) electrons. The normalized spacial score (nSPS) is 10.4. The summed E-state index contributed by atoms with van der Waals surface area (Å²) in [4.78, 5) is 23.2. The number of carbonyl (C=O) groups is 2. The van der Waals surface area contributed by atoms with Crippen molar-refractivity contribution < 1.29 is 19.1 Å². The molecule has 0 aliphatic heterocycles. The first-order valence-corrected chi connectivity index (χ1v) is 9.28. The van der Waals surface area contributed by atoms with Gasteiger partial charge in [0.15, 0.2) is 6.61 Å². The molecule has 0 fully saturated rings. The van der Waals surface area contributed by atoms with Crippen LogP contribution in [-0.4, -0.2) is 18.5 Å². The summed E-state index contributed by atoms with van der Waals surface area (Å²) < 4.78 is 10.0. The number of ether oxygens (including phenoxy) is 2. The summed E-state index contributed by atoms with van der Waals surface area (Å²) in [7, 11) is 0. The predicted molar refractivity (Wildman–Crippen MR) is 112 cm³/mol. The molecule has 0 amide bonds. The molecule has 0 saturated carbocycles. The standard InChI is InChI=1S/C25H22O4/c1-18(2)25(27)28-17-23(26)29-22-15-13-21(14-16-22)24(19-9-5-3-6-10-19)20-11-7-4-8-12-20/h3-16,24H,1,17H2,2H3. The summed E-state index contributed by atoms with van der Waals surface area (Å²) >= 11 is 0. The molecule has 0 heterocycles. The molecule has 0 N–H and O–H groups in total. The largest absolute Gasteiger partial charge is 0.450 e. The van der Waals surface area contributed by atoms with Crippen LogP contribution in [0.3, 0.4) is 0 Å². The first kappa shape index (κ1) is 20.1. The minimum Gasteiger partial charge on any atom is -0.450 e. The van der Waals surface area contributed by atoms with Crippen LogP contribution in [0.2, 0.25) is 0 Å². The fourth-order valence-electron chi connectivity index (χ4n) is 3.01. The van der Waals surface area contributed by atoms with Gasteiger partial charge in [-0.3, -0.25) is 0 Å². The van der Waals surface area contributed by atoms with Gasteiger partial charge in [0.25, 0.3) is 0 Å². The van der Waals surface area contributed by atoms with Gasteiger partial charge >= 0.3 is 11.9 Å². The highest BCUT2D eigenvalue weighted by Gasteiger charge is 2.17. The first-order chi connectivity index (χ1) is 14.0. The molecule has 3 aromatic rings. The summed E-state index contributed by atoms with van der Waals surface area (Å²) in [5.74, 6) is -0.801. The average molecular weight is 386 g/mol. The molecule has 3 rings (SSSR count). The van der Waals surface area contributed by atoms with Crippen molar-refractivity contribution in [2.45, 2.75) is 12.8 Å². The quantitative estimate of drug-likeness (QED) is 0.251. The third-order valence-corrected chi connectivity index (χ3v) is 4.38. The summed E-state index contributed by atoms with van der Waals surface area (Å²) in [6.07, 6.45) is 0. The first-order valence-electron chi connectivity index (χ1n) is 9.28. The Hall–Kier alpha value is -3.66. The van der Waals surface area contributed by atoms with Crippen LogP contribution in [0, 0.1) is 0 Å². The van der Waals surface area contributed by atoms with Crippen LogP contribution >= 0.6 is 0 Å². The Balaban J connectivity index is 1.75. The Morgan fingerprint density at radius 2 is 1.28 bits per heavy atom. The van der Waals surface area contributed by atoms with Gasteiger partial charge in [-0.25, -0.2) is 9.59 Å². The maximum atomic E-state index is 11.9. The van der Waals surface area contributed by atoms with E-state index < -0.39 is 18.5 Å². The number of carbonyl (C=O) groups excluding carboxylic acids is 2. The van der Waals surface area contributed by atoms with E-state index in [1.807, 2.05) is 48.5 Å². The van der Waals surface area contributed by atoms with Gasteiger partial charge in [0.05, 0.1) is 0 Å². The van der Waals surface area contributed by atoms with Crippen molar-refractivity contribution in [3.8, 4) is 5.75 Å². The van der Waals surface area contributed by atoms with Crippen LogP contribution in [0.5, 0.6) is 5.75 Å². The zero-order valence-electron chi connectivity index (χ0n) is 16.2. The second-order valence-electron chi connectivity index (χ2n) is 6.65. The molecule has 4 nitrogen and oxygen atoms in total. The summed E-state index contributed by atoms with van der Waals surface area (Å²) in [6.45, 7) is 4.53. The van der Waals surface area contributed by atoms with Crippen molar-refractivity contribution in [1.82, 2.24) is 0 Å². The van der Waals surface area contributed by atoms with E-state index >= 15 is 0 Å². The second-order valence-corrected chi connectivity index (χ2v) is 6.65. The molecule has 146 valence electrons. The van der Waals surface area contributed by atoms with E-state index in [4.69, 9.17) is 9.47 Å². The van der Waals surface area contributed by atoms with Gasteiger partial charge in [-0.1, -0.05) is 79.4 Å². The van der Waals surface area contributed by atoms with Crippen molar-refractivity contribution in [3.05, 3.63) is 114 Å². The third kappa shape index (κ3) is 5.42. The van der Waals surface area contributed by atoms with E-state index in [1.165, 1.54) is 18.1 Å². The topological polar surface area (TPSA) is 52.6 Å². The predicted octanol–water partition coefficient (Wildman–Crippen LogP) is 4.89. The molecule has 4 heteroatoms. The smallest absolute Gasteiger partial charge is 0.349 e. The van der Waals surface area contributed by atoms with Gasteiger partial charge in [-0.2, -0.15) is 0 Å². The van der Waals surface area contributed by atoms with E-state index in [0.717, 1.165) is 5.56 Å². The van der Waals surface area contributed by atoms with Gasteiger partial charge in [-0.05, 0) is 35.7 Å². The maximum Gasteiger partial charge on any atom is 0.349 e. The molecule has 0 aromatic heterocycles. The fourth-order valence-corrected chi connectivity index (χ4v) is 3.01. The van der Waals surface area contributed by atoms with Crippen molar-refractivity contribution in [2.24, 2.45) is 0 Å². The van der Waals surface area contributed by atoms with Crippen LogP contribution in [0.25, 0.3) is 0 Å². The van der Waals surface area contributed by atoms with E-state index in [-0.39, 0.29) is 11.5 Å². The average Bonchev–Trinajstić information content (AvgIpc) is 2.75. The van der Waals surface area contributed by atoms with E-state index in [1.54, 1.807) is 12.1 Å². The van der Waals surface area contributed by atoms with Gasteiger partial charge < -0.3 is 9.47 Å². The highest BCUT2D eigenvalue weighted by Crippen LogP contribution is 2.32. The highest BCUT2D eigenvalue weighted by molar-refractivity contribution is 5.88. The molecule has 0 bridgehead atoms. The lowest BCUT2D eigenvalue weighted by molar-refractivity contribution is -0.150. The Bertz CT molecular complexity index is 937. The fraction of sp³-hybridized carbons (Fsp3) is 0.120. The molecular formula is C25H22O4. The van der Waals surface area contributed by atoms with Crippen LogP contribution in [0.4, 0.5) is 0 Å². The molecule has 0 spiro atoms. The van der Waals surface area contributed by atoms with Crippen molar-refractivity contribution in [2.75, 3.05) is 6.61 Å². The Labute approximate surface area is 170 Å². The number of hydrogen-bond acceptors (Lipinski definition) is 4. The molecule has 3 aromatic carbocycles. The van der Waals surface area contributed by atoms with Crippen molar-refractivity contribution >= 4 is 11.9 Å². The van der Waals surface area contributed by atoms with Crippen LogP contribution < -0.4 is 4.74 Å². The molecule has 0 aliphatic rings. The third-order valence-electron chi connectivity index (χ3n) is 4.38. The summed E-state index contributed by atoms with van der Waals surface area (Å²) in [5.41, 5.74) is 3.66. The van der Waals surface area contributed by atoms with Gasteiger partial charge in [0.1, 0.15) is 5.75 Å². The maximum absolute atomic E-state index is 11.9. The summed E-state index contributed by atoms with van der Waals surface area (Å²) in [6, 6.07) is 27.8. The molecule has 29 heavy (non-hydrogen) atoms. The number of hydrogen-bond donors (Lipinski definition) is 0. The Morgan fingerprint density at radius 3 is 1.76 bits per heavy atom. The SMILES string of the molecule is C=C(C)C(=O)OCC(=O)Oc1ccc(C(c2ccccc2)c2ccccc2)cc1. The van der Waals surface area contributed by atoms with E-state index in [0.29, 0.717) is 5.75 Å². The Morgan fingerprint density at radius 1 is 0.793 bits per heavy atom. The lowest BCUT2D eigenvalue weighted by Gasteiger charge is -2.19. The highest BCUT2D eigenvalue weighted by atomic mass is 16.6. The van der Waals surface area contributed by atoms with E-state index in [2.05, 4.69) is 30.8 Å². The minimum atomic E-state index is -0.644. The lowest BCUT2D eigenvalue weighted by Crippen LogP contribution is -2.19. The monoisotopic (exact) mass is 386 g/mol. The van der Waals surface area contributed by atoms with Gasteiger partial charge in [0, 0.05) is 11.5 Å². The van der Waals surface area contributed by atoms with Crippen LogP contribution in [-0.2, 0) is 14.3 Å². The van der Waals surface area contributed by atoms with E-state index in [9.17, 15) is 9.59 Å². The van der Waals surface area contributed by atoms with Crippen LogP contribution in [0.1, 0.15) is 29.5 Å². The summed E-state index contributed by atoms with van der Waals surface area (Å²) in [5, 5.41) is 0. The molecule has 0 atom stereocenters. The molecule has 0 unspecified atom stereocenters. The zero-order valence-corrected chi connectivity index (χ0v) is 16.2. The molecule has 0 aliphatic carbocycles. The van der Waals surface area contributed by atoms with Crippen molar-refractivity contribution in [1.29, 1.82) is 0 Å². The van der Waals surface area contributed by atoms with Gasteiger partial charge in [-0.15, -0.1) is 0 Å². The van der Waals surface area contributed by atoms with Gasteiger partial charge in [0.2, 0.25) is 0 Å². The number of rotatable bonds is 7. The molecular weight excluding hydrogens is 364 g/mol. The van der Waals surface area contributed by atoms with Crippen molar-refractivity contribution in [3.63, 3.8) is 0 Å². The zero-order chi connectivity index (χ0) is 20.6. The number of benzene rings is 3. The molecule has 0 saturated heterocycles. The Kier molecular flexibility index (Phi) is 6.59. The minimum absolute atomic E-state index is 0.0682.